The summed E-state index contributed by atoms with van der Waals surface area (Å²) < 4.78 is 0. The number of nitrogens with one attached hydrogen (secondary N) is 1. The minimum atomic E-state index is -0.828. The Hall–Kier alpha value is -0.120. The Labute approximate surface area is 61.1 Å². The molecule has 3 N–H and O–H groups in total. The van der Waals surface area contributed by atoms with Crippen molar-refractivity contribution in [3.8, 4) is 0 Å². The lowest BCUT2D eigenvalue weighted by Crippen LogP contribution is -2.53. The van der Waals surface area contributed by atoms with Crippen LogP contribution in [0, 0.1) is 0 Å². The molecule has 60 valence electrons. The first kappa shape index (κ1) is 7.98. The third-order valence-corrected chi connectivity index (χ3v) is 2.30. The molecule has 3 heteroatoms. The van der Waals surface area contributed by atoms with Gasteiger partial charge in [0.2, 0.25) is 0 Å². The Morgan fingerprint density at radius 1 is 1.70 bits per heavy atom. The van der Waals surface area contributed by atoms with Crippen LogP contribution < -0.4 is 5.32 Å². The van der Waals surface area contributed by atoms with E-state index in [9.17, 15) is 10.2 Å². The molecule has 1 saturated heterocycles. The number of aliphatic hydroxyl groups is 2. The van der Waals surface area contributed by atoms with Crippen molar-refractivity contribution in [2.24, 2.45) is 0 Å². The minimum Gasteiger partial charge on any atom is -0.389 e. The van der Waals surface area contributed by atoms with Gasteiger partial charge in [0.25, 0.3) is 0 Å². The summed E-state index contributed by atoms with van der Waals surface area (Å²) in [7, 11) is 0. The van der Waals surface area contributed by atoms with Crippen LogP contribution in [0.3, 0.4) is 0 Å². The number of aliphatic hydroxyl groups excluding tert-OH is 1. The fourth-order valence-corrected chi connectivity index (χ4v) is 1.31. The summed E-state index contributed by atoms with van der Waals surface area (Å²) >= 11 is 0. The zero-order chi connectivity index (χ0) is 7.61. The van der Waals surface area contributed by atoms with E-state index in [4.69, 9.17) is 0 Å². The van der Waals surface area contributed by atoms with Gasteiger partial charge in [-0.05, 0) is 19.4 Å². The minimum absolute atomic E-state index is 0.518. The Morgan fingerprint density at radius 3 is 2.80 bits per heavy atom. The molecule has 10 heavy (non-hydrogen) atoms. The SMILES string of the molecule is CC[C@@]1(O)CCNCC1O. The molecular formula is C7H15NO2. The molecule has 0 aromatic rings. The molecule has 1 heterocycles. The van der Waals surface area contributed by atoms with Crippen molar-refractivity contribution in [1.82, 2.24) is 5.32 Å². The lowest BCUT2D eigenvalue weighted by Gasteiger charge is -2.36. The van der Waals surface area contributed by atoms with E-state index < -0.39 is 11.7 Å². The molecule has 3 nitrogen and oxygen atoms in total. The molecule has 1 aliphatic rings. The molecule has 0 aromatic heterocycles. The van der Waals surface area contributed by atoms with Gasteiger partial charge in [-0.3, -0.25) is 0 Å². The Morgan fingerprint density at radius 2 is 2.40 bits per heavy atom. The number of β-amino-alcohol motifs (C(OH)–C–C–N with tert-alkyl or cyclic N) is 1. The van der Waals surface area contributed by atoms with E-state index in [2.05, 4.69) is 5.32 Å². The second kappa shape index (κ2) is 2.86. The van der Waals surface area contributed by atoms with Crippen LogP contribution in [0.25, 0.3) is 0 Å². The summed E-state index contributed by atoms with van der Waals surface area (Å²) in [5.74, 6) is 0. The molecule has 0 saturated carbocycles. The van der Waals surface area contributed by atoms with Crippen LogP contribution in [0.4, 0.5) is 0 Å². The van der Waals surface area contributed by atoms with E-state index in [-0.39, 0.29) is 0 Å². The van der Waals surface area contributed by atoms with Crippen molar-refractivity contribution in [2.45, 2.75) is 31.5 Å². The molecule has 1 fully saturated rings. The molecule has 1 aliphatic heterocycles. The summed E-state index contributed by atoms with van der Waals surface area (Å²) in [4.78, 5) is 0. The van der Waals surface area contributed by atoms with Crippen LogP contribution >= 0.6 is 0 Å². The first-order chi connectivity index (χ1) is 4.69. The summed E-state index contributed by atoms with van der Waals surface area (Å²) in [6.45, 7) is 3.22. The molecule has 1 unspecified atom stereocenters. The number of hydrogen-bond donors (Lipinski definition) is 3. The largest absolute Gasteiger partial charge is 0.389 e. The molecule has 0 spiro atoms. The van der Waals surface area contributed by atoms with Crippen molar-refractivity contribution < 1.29 is 10.2 Å². The highest BCUT2D eigenvalue weighted by molar-refractivity contribution is 4.90. The number of rotatable bonds is 1. The third-order valence-electron chi connectivity index (χ3n) is 2.30. The average Bonchev–Trinajstić information content (AvgIpc) is 1.96. The molecule has 1 rings (SSSR count). The van der Waals surface area contributed by atoms with Gasteiger partial charge >= 0.3 is 0 Å². The van der Waals surface area contributed by atoms with Gasteiger partial charge in [0.15, 0.2) is 0 Å². The standard InChI is InChI=1S/C7H15NO2/c1-2-7(10)3-4-8-5-6(7)9/h6,8-10H,2-5H2,1H3/t6?,7-/m1/s1. The van der Waals surface area contributed by atoms with E-state index >= 15 is 0 Å². The summed E-state index contributed by atoms with van der Waals surface area (Å²) in [6.07, 6.45) is 0.701. The van der Waals surface area contributed by atoms with Gasteiger partial charge in [0, 0.05) is 6.54 Å². The van der Waals surface area contributed by atoms with Crippen molar-refractivity contribution >= 4 is 0 Å². The Kier molecular flexibility index (Phi) is 2.28. The molecule has 2 atom stereocenters. The molecular weight excluding hydrogens is 130 g/mol. The second-order valence-electron chi connectivity index (χ2n) is 2.93. The smallest absolute Gasteiger partial charge is 0.0951 e. The van der Waals surface area contributed by atoms with E-state index in [1.54, 1.807) is 0 Å². The van der Waals surface area contributed by atoms with Crippen molar-refractivity contribution in [3.63, 3.8) is 0 Å². The quantitative estimate of drug-likeness (QED) is 0.465. The van der Waals surface area contributed by atoms with Crippen LogP contribution in [0.2, 0.25) is 0 Å². The Bertz CT molecular complexity index is 118. The van der Waals surface area contributed by atoms with E-state index in [0.717, 1.165) is 6.54 Å². The lowest BCUT2D eigenvalue weighted by molar-refractivity contribution is -0.0937. The van der Waals surface area contributed by atoms with E-state index in [1.807, 2.05) is 6.92 Å². The van der Waals surface area contributed by atoms with Crippen LogP contribution in [0.1, 0.15) is 19.8 Å². The first-order valence-corrected chi connectivity index (χ1v) is 3.80. The predicted octanol–water partition coefficient (Wildman–Crippen LogP) is -0.518. The topological polar surface area (TPSA) is 52.5 Å². The molecule has 0 amide bonds. The van der Waals surface area contributed by atoms with Gasteiger partial charge in [-0.1, -0.05) is 6.92 Å². The van der Waals surface area contributed by atoms with Gasteiger partial charge in [0.1, 0.15) is 0 Å². The maximum Gasteiger partial charge on any atom is 0.0951 e. The normalized spacial score (nSPS) is 41.7. The van der Waals surface area contributed by atoms with E-state index in [1.165, 1.54) is 0 Å². The molecule has 0 radical (unpaired) electrons. The average molecular weight is 145 g/mol. The number of hydrogen-bond acceptors (Lipinski definition) is 3. The fourth-order valence-electron chi connectivity index (χ4n) is 1.31. The van der Waals surface area contributed by atoms with E-state index in [0.29, 0.717) is 19.4 Å². The van der Waals surface area contributed by atoms with Gasteiger partial charge in [-0.2, -0.15) is 0 Å². The summed E-state index contributed by atoms with van der Waals surface area (Å²) in [5.41, 5.74) is -0.828. The second-order valence-corrected chi connectivity index (χ2v) is 2.93. The highest BCUT2D eigenvalue weighted by Crippen LogP contribution is 2.21. The molecule has 0 bridgehead atoms. The first-order valence-electron chi connectivity index (χ1n) is 3.80. The van der Waals surface area contributed by atoms with Crippen LogP contribution in [0.15, 0.2) is 0 Å². The third kappa shape index (κ3) is 1.31. The summed E-state index contributed by atoms with van der Waals surface area (Å²) in [6, 6.07) is 0. The molecule has 0 aromatic carbocycles. The summed E-state index contributed by atoms with van der Waals surface area (Å²) in [5, 5.41) is 22.0. The maximum absolute atomic E-state index is 9.66. The fraction of sp³-hybridized carbons (Fsp3) is 1.00. The molecule has 0 aliphatic carbocycles. The van der Waals surface area contributed by atoms with Gasteiger partial charge in [-0.15, -0.1) is 0 Å². The lowest BCUT2D eigenvalue weighted by atomic mass is 9.87. The van der Waals surface area contributed by atoms with Crippen molar-refractivity contribution in [1.29, 1.82) is 0 Å². The van der Waals surface area contributed by atoms with Crippen molar-refractivity contribution in [2.75, 3.05) is 13.1 Å². The zero-order valence-electron chi connectivity index (χ0n) is 6.30. The highest BCUT2D eigenvalue weighted by atomic mass is 16.3. The van der Waals surface area contributed by atoms with Gasteiger partial charge in [0.05, 0.1) is 11.7 Å². The van der Waals surface area contributed by atoms with Crippen LogP contribution in [0.5, 0.6) is 0 Å². The van der Waals surface area contributed by atoms with Gasteiger partial charge < -0.3 is 15.5 Å². The zero-order valence-corrected chi connectivity index (χ0v) is 6.30. The van der Waals surface area contributed by atoms with Gasteiger partial charge in [-0.25, -0.2) is 0 Å². The highest BCUT2D eigenvalue weighted by Gasteiger charge is 2.35. The van der Waals surface area contributed by atoms with Crippen LogP contribution in [-0.4, -0.2) is 35.0 Å². The maximum atomic E-state index is 9.66. The predicted molar refractivity (Wildman–Crippen MR) is 38.7 cm³/mol. The monoisotopic (exact) mass is 145 g/mol. The van der Waals surface area contributed by atoms with Crippen LogP contribution in [-0.2, 0) is 0 Å². The Balaban J connectivity index is 2.54. The van der Waals surface area contributed by atoms with Crippen molar-refractivity contribution in [3.05, 3.63) is 0 Å². The number of piperidine rings is 1.